The number of hydrogen-bond donors (Lipinski definition) is 0. The largest absolute Gasteiger partial charge is 0.0991 e. The Labute approximate surface area is 102 Å². The molecule has 0 heterocycles. The summed E-state index contributed by atoms with van der Waals surface area (Å²) in [5, 5.41) is 0. The molecule has 0 aromatic heterocycles. The van der Waals surface area contributed by atoms with Crippen LogP contribution in [0, 0.1) is 0 Å². The maximum atomic E-state index is 5.78. The van der Waals surface area contributed by atoms with Gasteiger partial charge in [0.1, 0.15) is 0 Å². The Morgan fingerprint density at radius 2 is 1.94 bits per heavy atom. The van der Waals surface area contributed by atoms with Crippen LogP contribution in [0.5, 0.6) is 0 Å². The first-order chi connectivity index (χ1) is 7.77. The molecule has 82 valence electrons. The van der Waals surface area contributed by atoms with Gasteiger partial charge < -0.3 is 0 Å². The van der Waals surface area contributed by atoms with Crippen molar-refractivity contribution in [2.24, 2.45) is 0 Å². The predicted molar refractivity (Wildman–Crippen MR) is 73.4 cm³/mol. The highest BCUT2D eigenvalue weighted by atomic mass is 35.5. The number of hydrogen-bond acceptors (Lipinski definition) is 0. The maximum Gasteiger partial charge on any atom is 0.0118 e. The van der Waals surface area contributed by atoms with Crippen LogP contribution in [-0.2, 0) is 0 Å². The highest BCUT2D eigenvalue weighted by Gasteiger charge is 1.95. The first kappa shape index (κ1) is 12.5. The molecular formula is C15H15Cl. The monoisotopic (exact) mass is 230 g/mol. The molecule has 0 N–H and O–H groups in total. The van der Waals surface area contributed by atoms with E-state index in [1.54, 1.807) is 11.6 Å². The minimum atomic E-state index is 0.991. The Bertz CT molecular complexity index is 422. The molecule has 0 aliphatic heterocycles. The zero-order valence-corrected chi connectivity index (χ0v) is 10.1. The molecule has 1 aromatic rings. The van der Waals surface area contributed by atoms with Crippen LogP contribution in [-0.4, -0.2) is 0 Å². The van der Waals surface area contributed by atoms with Crippen molar-refractivity contribution >= 4 is 17.7 Å². The predicted octanol–water partition coefficient (Wildman–Crippen LogP) is 4.95. The van der Waals surface area contributed by atoms with E-state index in [0.717, 1.165) is 11.1 Å². The topological polar surface area (TPSA) is 0 Å². The average Bonchev–Trinajstić information content (AvgIpc) is 2.31. The van der Waals surface area contributed by atoms with Crippen molar-refractivity contribution in [2.45, 2.75) is 6.92 Å². The quantitative estimate of drug-likeness (QED) is 0.642. The van der Waals surface area contributed by atoms with E-state index in [9.17, 15) is 0 Å². The summed E-state index contributed by atoms with van der Waals surface area (Å²) in [6, 6.07) is 10.2. The zero-order chi connectivity index (χ0) is 11.8. The molecule has 0 amide bonds. The van der Waals surface area contributed by atoms with Gasteiger partial charge in [0.25, 0.3) is 0 Å². The van der Waals surface area contributed by atoms with Gasteiger partial charge >= 0.3 is 0 Å². The van der Waals surface area contributed by atoms with E-state index in [1.807, 2.05) is 37.3 Å². The zero-order valence-electron chi connectivity index (χ0n) is 9.36. The summed E-state index contributed by atoms with van der Waals surface area (Å²) in [5.74, 6) is 0. The van der Waals surface area contributed by atoms with Gasteiger partial charge in [-0.05, 0) is 23.6 Å². The van der Waals surface area contributed by atoms with E-state index in [2.05, 4.69) is 24.8 Å². The Kier molecular flexibility index (Phi) is 5.38. The van der Waals surface area contributed by atoms with Gasteiger partial charge in [0.2, 0.25) is 0 Å². The van der Waals surface area contributed by atoms with Gasteiger partial charge in [0, 0.05) is 5.54 Å². The molecule has 0 aliphatic rings. The maximum absolute atomic E-state index is 5.78. The number of allylic oxidation sites excluding steroid dienone is 5. The fourth-order valence-corrected chi connectivity index (χ4v) is 1.55. The lowest BCUT2D eigenvalue weighted by molar-refractivity contribution is 1.46. The minimum absolute atomic E-state index is 0.991. The first-order valence-electron chi connectivity index (χ1n) is 5.11. The Morgan fingerprint density at radius 1 is 1.25 bits per heavy atom. The molecule has 0 nitrogen and oxygen atoms in total. The number of benzene rings is 1. The van der Waals surface area contributed by atoms with Gasteiger partial charge in [0.15, 0.2) is 0 Å². The molecule has 0 radical (unpaired) electrons. The van der Waals surface area contributed by atoms with Crippen LogP contribution in [0.3, 0.4) is 0 Å². The molecule has 0 fully saturated rings. The molecule has 1 heteroatoms. The van der Waals surface area contributed by atoms with Gasteiger partial charge in [0.05, 0.1) is 0 Å². The van der Waals surface area contributed by atoms with E-state index in [4.69, 9.17) is 11.6 Å². The summed E-state index contributed by atoms with van der Waals surface area (Å²) in [6.07, 6.45) is 7.64. The summed E-state index contributed by atoms with van der Waals surface area (Å²) in [7, 11) is 0. The van der Waals surface area contributed by atoms with Crippen molar-refractivity contribution < 1.29 is 0 Å². The van der Waals surface area contributed by atoms with E-state index in [0.29, 0.717) is 0 Å². The molecule has 0 saturated carbocycles. The van der Waals surface area contributed by atoms with Gasteiger partial charge in [-0.3, -0.25) is 0 Å². The van der Waals surface area contributed by atoms with Gasteiger partial charge in [-0.15, -0.1) is 0 Å². The van der Waals surface area contributed by atoms with E-state index >= 15 is 0 Å². The molecular weight excluding hydrogens is 216 g/mol. The van der Waals surface area contributed by atoms with E-state index < -0.39 is 0 Å². The van der Waals surface area contributed by atoms with Crippen LogP contribution in [0.15, 0.2) is 71.8 Å². The van der Waals surface area contributed by atoms with Crippen LogP contribution in [0.4, 0.5) is 0 Å². The molecule has 0 spiro atoms. The summed E-state index contributed by atoms with van der Waals surface area (Å²) in [4.78, 5) is 0. The molecule has 1 rings (SSSR count). The normalized spacial score (nSPS) is 13.1. The molecule has 0 aliphatic carbocycles. The van der Waals surface area contributed by atoms with Crippen molar-refractivity contribution in [1.82, 2.24) is 0 Å². The van der Waals surface area contributed by atoms with Crippen molar-refractivity contribution in [3.63, 3.8) is 0 Å². The summed E-state index contributed by atoms with van der Waals surface area (Å²) in [5.41, 5.74) is 4.86. The molecule has 0 unspecified atom stereocenters. The highest BCUT2D eigenvalue weighted by Crippen LogP contribution is 2.16. The van der Waals surface area contributed by atoms with E-state index in [1.165, 1.54) is 5.56 Å². The fraction of sp³-hybridized carbons (Fsp3) is 0.0667. The smallest absolute Gasteiger partial charge is 0.0118 e. The standard InChI is InChI=1S/C15H15Cl/c1-3-4-10-15(12-16)13(2)11-14-8-6-5-7-9-14/h3-12H,1H2,2H3/b10-4-,13-11+,15-12+. The molecule has 1 aromatic carbocycles. The Morgan fingerprint density at radius 3 is 2.50 bits per heavy atom. The summed E-state index contributed by atoms with van der Waals surface area (Å²) in [6.45, 7) is 5.67. The highest BCUT2D eigenvalue weighted by molar-refractivity contribution is 6.26. The third-order valence-corrected chi connectivity index (χ3v) is 2.40. The number of rotatable bonds is 4. The number of halogens is 1. The van der Waals surface area contributed by atoms with Crippen LogP contribution in [0.2, 0.25) is 0 Å². The lowest BCUT2D eigenvalue weighted by Crippen LogP contribution is -1.80. The molecule has 0 atom stereocenters. The minimum Gasteiger partial charge on any atom is -0.0991 e. The van der Waals surface area contributed by atoms with E-state index in [-0.39, 0.29) is 0 Å². The summed E-state index contributed by atoms with van der Waals surface area (Å²) < 4.78 is 0. The van der Waals surface area contributed by atoms with Crippen molar-refractivity contribution in [3.05, 3.63) is 77.4 Å². The van der Waals surface area contributed by atoms with Crippen LogP contribution < -0.4 is 0 Å². The fourth-order valence-electron chi connectivity index (χ4n) is 1.31. The second-order valence-corrected chi connectivity index (χ2v) is 3.62. The first-order valence-corrected chi connectivity index (χ1v) is 5.54. The lowest BCUT2D eigenvalue weighted by atomic mass is 10.1. The van der Waals surface area contributed by atoms with Gasteiger partial charge in [-0.25, -0.2) is 0 Å². The SMILES string of the molecule is C=C\C=C/C(=C\Cl)C(/C)=C/c1ccccc1. The average molecular weight is 231 g/mol. The van der Waals surface area contributed by atoms with Crippen LogP contribution in [0.25, 0.3) is 6.08 Å². The summed E-state index contributed by atoms with van der Waals surface area (Å²) >= 11 is 5.78. The third kappa shape index (κ3) is 3.92. The third-order valence-electron chi connectivity index (χ3n) is 2.17. The van der Waals surface area contributed by atoms with Gasteiger partial charge in [-0.2, -0.15) is 0 Å². The van der Waals surface area contributed by atoms with Crippen molar-refractivity contribution in [3.8, 4) is 0 Å². The molecule has 0 saturated heterocycles. The Hall–Kier alpha value is -1.53. The lowest BCUT2D eigenvalue weighted by Gasteiger charge is -2.01. The Balaban J connectivity index is 2.92. The second-order valence-electron chi connectivity index (χ2n) is 3.40. The van der Waals surface area contributed by atoms with Gasteiger partial charge in [-0.1, -0.05) is 72.8 Å². The van der Waals surface area contributed by atoms with Crippen LogP contribution >= 0.6 is 11.6 Å². The van der Waals surface area contributed by atoms with Crippen LogP contribution in [0.1, 0.15) is 12.5 Å². The van der Waals surface area contributed by atoms with Crippen molar-refractivity contribution in [2.75, 3.05) is 0 Å². The molecule has 0 bridgehead atoms. The second kappa shape index (κ2) is 6.86. The molecule has 16 heavy (non-hydrogen) atoms. The van der Waals surface area contributed by atoms with Crippen molar-refractivity contribution in [1.29, 1.82) is 0 Å².